The molecule has 0 unspecified atom stereocenters. The molecule has 6 rings (SSSR count). The second-order valence-electron chi connectivity index (χ2n) is 9.04. The quantitative estimate of drug-likeness (QED) is 0.308. The van der Waals surface area contributed by atoms with Gasteiger partial charge >= 0.3 is 0 Å². The summed E-state index contributed by atoms with van der Waals surface area (Å²) in [6.07, 6.45) is 0. The number of fused-ring (bicyclic) bond motifs is 3. The van der Waals surface area contributed by atoms with Crippen LogP contribution >= 0.6 is 22.7 Å². The summed E-state index contributed by atoms with van der Waals surface area (Å²) in [5.41, 5.74) is 3.36. The number of aryl methyl sites for hydroxylation is 2. The zero-order chi connectivity index (χ0) is 28.3. The largest absolute Gasteiger partial charge is 0.497 e. The molecular weight excluding hydrogens is 538 g/mol. The molecule has 190 valence electrons. The Morgan fingerprint density at radius 3 is 1.50 bits per heavy atom. The fourth-order valence-corrected chi connectivity index (χ4v) is 6.82. The SMILES string of the molecule is [B]n1c(C)c2/c(=C(\C#N)c3nc4cc(OC)ccc4s3)n([B])c(C)c2/c1=C(\C#N)c1nc2cc(OC)ccc2s1. The molecule has 0 bridgehead atoms. The summed E-state index contributed by atoms with van der Waals surface area (Å²) in [4.78, 5) is 9.44. The van der Waals surface area contributed by atoms with Gasteiger partial charge in [0.05, 0.1) is 45.4 Å². The van der Waals surface area contributed by atoms with Crippen molar-refractivity contribution in [2.45, 2.75) is 13.8 Å². The Bertz CT molecular complexity index is 2070. The Kier molecular flexibility index (Phi) is 6.18. The Labute approximate surface area is 239 Å². The van der Waals surface area contributed by atoms with Gasteiger partial charge in [-0.15, -0.1) is 22.7 Å². The van der Waals surface area contributed by atoms with Crippen molar-refractivity contribution in [2.24, 2.45) is 0 Å². The Hall–Kier alpha value is -4.51. The maximum atomic E-state index is 10.3. The molecule has 4 aromatic heterocycles. The number of rotatable bonds is 4. The average Bonchev–Trinajstić information content (AvgIpc) is 3.70. The van der Waals surface area contributed by atoms with E-state index in [2.05, 4.69) is 12.1 Å². The minimum Gasteiger partial charge on any atom is -0.497 e. The van der Waals surface area contributed by atoms with Gasteiger partial charge in [-0.05, 0) is 38.1 Å². The van der Waals surface area contributed by atoms with Crippen LogP contribution in [0.2, 0.25) is 0 Å². The molecule has 2 aromatic carbocycles. The van der Waals surface area contributed by atoms with Crippen LogP contribution < -0.4 is 20.2 Å². The van der Waals surface area contributed by atoms with E-state index in [4.69, 9.17) is 35.4 Å². The van der Waals surface area contributed by atoms with E-state index in [1.165, 1.54) is 31.6 Å². The second kappa shape index (κ2) is 9.60. The van der Waals surface area contributed by atoms with E-state index >= 15 is 0 Å². The topological polar surface area (TPSA) is 102 Å². The standard InChI is InChI=1S/C28H18B2N6O2S2/c1-13-23-24(26(35(13)29)18(12-32)28-34-20-10-16(38-4)6-8-22(20)40-28)14(2)36(30)25(23)17(11-31)27-33-19-9-15(37-3)5-7-21(19)39-27/h5-10H,1-4H3/b25-17-,26-18-. The number of methoxy groups -OCH3 is 2. The van der Waals surface area contributed by atoms with Gasteiger partial charge in [-0.3, -0.25) is 0 Å². The molecule has 8 nitrogen and oxygen atoms in total. The lowest BCUT2D eigenvalue weighted by Gasteiger charge is -2.05. The highest BCUT2D eigenvalue weighted by atomic mass is 32.1. The summed E-state index contributed by atoms with van der Waals surface area (Å²) in [5.74, 6) is 1.36. The van der Waals surface area contributed by atoms with Gasteiger partial charge in [-0.25, -0.2) is 9.97 Å². The van der Waals surface area contributed by atoms with E-state index in [0.717, 1.165) is 20.4 Å². The third-order valence-electron chi connectivity index (χ3n) is 6.97. The summed E-state index contributed by atoms with van der Waals surface area (Å²) in [5, 5.41) is 24.1. The zero-order valence-electron chi connectivity index (χ0n) is 21.9. The molecule has 0 saturated heterocycles. The maximum absolute atomic E-state index is 10.3. The average molecular weight is 556 g/mol. The molecule has 0 amide bonds. The minimum absolute atomic E-state index is 0.312. The molecular formula is C28H18B2N6O2S2. The fraction of sp³-hybridized carbons (Fsp3) is 0.143. The van der Waals surface area contributed by atoms with Crippen molar-refractivity contribution in [1.29, 1.82) is 10.5 Å². The number of nitriles is 2. The van der Waals surface area contributed by atoms with E-state index in [1.807, 2.05) is 50.2 Å². The molecule has 0 N–H and O–H groups in total. The Morgan fingerprint density at radius 1 is 0.750 bits per heavy atom. The van der Waals surface area contributed by atoms with Gasteiger partial charge in [0.1, 0.15) is 44.8 Å². The summed E-state index contributed by atoms with van der Waals surface area (Å²) >= 11 is 2.78. The van der Waals surface area contributed by atoms with Crippen LogP contribution in [0.15, 0.2) is 36.4 Å². The first-order valence-corrected chi connectivity index (χ1v) is 13.7. The van der Waals surface area contributed by atoms with Gasteiger partial charge in [0.15, 0.2) is 0 Å². The third-order valence-corrected chi connectivity index (χ3v) is 9.07. The molecule has 12 heteroatoms. The summed E-state index contributed by atoms with van der Waals surface area (Å²) in [6, 6.07) is 15.8. The van der Waals surface area contributed by atoms with Gasteiger partial charge in [0.25, 0.3) is 0 Å². The number of thiazole rings is 2. The summed E-state index contributed by atoms with van der Waals surface area (Å²) in [7, 11) is 16.4. The van der Waals surface area contributed by atoms with Crippen LogP contribution in [0, 0.1) is 36.5 Å². The number of ether oxygens (including phenoxy) is 2. The number of benzene rings is 2. The van der Waals surface area contributed by atoms with Crippen LogP contribution in [0.4, 0.5) is 0 Å². The van der Waals surface area contributed by atoms with E-state index in [0.29, 0.717) is 65.5 Å². The van der Waals surface area contributed by atoms with E-state index in [-0.39, 0.29) is 0 Å². The van der Waals surface area contributed by atoms with Crippen molar-refractivity contribution in [3.63, 3.8) is 0 Å². The lowest BCUT2D eigenvalue weighted by atomic mass is 10.1. The molecule has 0 aliphatic rings. The van der Waals surface area contributed by atoms with E-state index < -0.39 is 0 Å². The highest BCUT2D eigenvalue weighted by molar-refractivity contribution is 7.20. The van der Waals surface area contributed by atoms with Crippen LogP contribution in [0.5, 0.6) is 11.5 Å². The van der Waals surface area contributed by atoms with Gasteiger partial charge in [0, 0.05) is 34.3 Å². The predicted octanol–water partition coefficient (Wildman–Crippen LogP) is 3.60. The lowest BCUT2D eigenvalue weighted by molar-refractivity contribution is 0.415. The molecule has 40 heavy (non-hydrogen) atoms. The normalized spacial score (nSPS) is 12.9. The molecule has 0 saturated carbocycles. The Balaban J connectivity index is 1.71. The number of hydrogen-bond donors (Lipinski definition) is 0. The zero-order valence-corrected chi connectivity index (χ0v) is 23.6. The van der Waals surface area contributed by atoms with E-state index in [9.17, 15) is 10.5 Å². The van der Waals surface area contributed by atoms with Gasteiger partial charge in [0.2, 0.25) is 16.0 Å². The van der Waals surface area contributed by atoms with Crippen LogP contribution in [0.1, 0.15) is 21.4 Å². The van der Waals surface area contributed by atoms with E-state index in [1.54, 1.807) is 14.2 Å². The van der Waals surface area contributed by atoms with Crippen molar-refractivity contribution < 1.29 is 9.47 Å². The maximum Gasteiger partial charge on any atom is 0.234 e. The number of aromatic nitrogens is 4. The van der Waals surface area contributed by atoms with Crippen molar-refractivity contribution in [2.75, 3.05) is 14.2 Å². The third kappa shape index (κ3) is 3.72. The van der Waals surface area contributed by atoms with Crippen LogP contribution in [0.3, 0.4) is 0 Å². The fourth-order valence-electron chi connectivity index (χ4n) is 4.94. The number of nitrogens with zero attached hydrogens (tertiary/aromatic N) is 6. The molecule has 4 heterocycles. The van der Waals surface area contributed by atoms with Crippen LogP contribution in [-0.2, 0) is 0 Å². The van der Waals surface area contributed by atoms with Crippen molar-refractivity contribution in [3.8, 4) is 23.6 Å². The summed E-state index contributed by atoms with van der Waals surface area (Å²) < 4.78 is 15.4. The first-order chi connectivity index (χ1) is 19.3. The predicted molar refractivity (Wildman–Crippen MR) is 160 cm³/mol. The second-order valence-corrected chi connectivity index (χ2v) is 11.1. The monoisotopic (exact) mass is 556 g/mol. The highest BCUT2D eigenvalue weighted by Crippen LogP contribution is 2.31. The van der Waals surface area contributed by atoms with Crippen molar-refractivity contribution >= 4 is 81.0 Å². The molecule has 6 aromatic rings. The highest BCUT2D eigenvalue weighted by Gasteiger charge is 2.23. The van der Waals surface area contributed by atoms with Crippen LogP contribution in [0.25, 0.3) is 42.4 Å². The first-order valence-electron chi connectivity index (χ1n) is 12.0. The van der Waals surface area contributed by atoms with Gasteiger partial charge in [-0.1, -0.05) is 0 Å². The Morgan fingerprint density at radius 2 is 1.15 bits per heavy atom. The van der Waals surface area contributed by atoms with Crippen molar-refractivity contribution in [1.82, 2.24) is 18.9 Å². The molecule has 0 atom stereocenters. The number of hydrogen-bond acceptors (Lipinski definition) is 8. The summed E-state index contributed by atoms with van der Waals surface area (Å²) in [6.45, 7) is 3.68. The molecule has 0 aliphatic carbocycles. The first kappa shape index (κ1) is 25.8. The molecule has 0 fully saturated rings. The molecule has 4 radical (unpaired) electrons. The molecule has 0 spiro atoms. The minimum atomic E-state index is 0.312. The van der Waals surface area contributed by atoms with Gasteiger partial charge < -0.3 is 18.4 Å². The lowest BCUT2D eigenvalue weighted by Crippen LogP contribution is -2.23. The van der Waals surface area contributed by atoms with Crippen molar-refractivity contribution in [3.05, 3.63) is 68.5 Å². The van der Waals surface area contributed by atoms with Gasteiger partial charge in [-0.2, -0.15) is 10.5 Å². The molecule has 0 aliphatic heterocycles. The van der Waals surface area contributed by atoms with Crippen LogP contribution in [-0.4, -0.2) is 49.1 Å². The smallest absolute Gasteiger partial charge is 0.234 e.